The Morgan fingerprint density at radius 3 is 2.86 bits per heavy atom. The van der Waals surface area contributed by atoms with Crippen molar-refractivity contribution >= 4 is 6.03 Å². The van der Waals surface area contributed by atoms with E-state index in [2.05, 4.69) is 12.2 Å². The molecule has 1 aliphatic rings. The Kier molecular flexibility index (Phi) is 5.48. The molecule has 0 radical (unpaired) electrons. The topological polar surface area (TPSA) is 41.6 Å². The van der Waals surface area contributed by atoms with Crippen LogP contribution in [0.4, 0.5) is 4.79 Å². The number of methoxy groups -OCH3 is 1. The van der Waals surface area contributed by atoms with Crippen LogP contribution < -0.4 is 10.1 Å². The maximum Gasteiger partial charge on any atom is 0.317 e. The van der Waals surface area contributed by atoms with Gasteiger partial charge in [-0.2, -0.15) is 0 Å². The van der Waals surface area contributed by atoms with Gasteiger partial charge in [0.05, 0.1) is 7.11 Å². The van der Waals surface area contributed by atoms with E-state index in [1.165, 1.54) is 19.3 Å². The molecular formula is C17H26N2O2. The number of nitrogens with zero attached hydrogens (tertiary/aromatic N) is 1. The van der Waals surface area contributed by atoms with Crippen LogP contribution in [0.15, 0.2) is 24.3 Å². The Balaban J connectivity index is 1.89. The molecule has 0 bridgehead atoms. The molecule has 1 saturated carbocycles. The second-order valence-electron chi connectivity index (χ2n) is 6.03. The zero-order valence-corrected chi connectivity index (χ0v) is 13.3. The van der Waals surface area contributed by atoms with E-state index in [-0.39, 0.29) is 6.03 Å². The SMILES string of the molecule is COc1cccc(CN(C)C(=O)NC2CCCCC2C)c1. The van der Waals surface area contributed by atoms with Gasteiger partial charge in [0.2, 0.25) is 0 Å². The third-order valence-electron chi connectivity index (χ3n) is 4.32. The van der Waals surface area contributed by atoms with Crippen molar-refractivity contribution in [2.24, 2.45) is 5.92 Å². The highest BCUT2D eigenvalue weighted by molar-refractivity contribution is 5.74. The van der Waals surface area contributed by atoms with Crippen molar-refractivity contribution in [1.82, 2.24) is 10.2 Å². The standard InChI is InChI=1S/C17H26N2O2/c1-13-7-4-5-10-16(13)18-17(20)19(2)12-14-8-6-9-15(11-14)21-3/h6,8-9,11,13,16H,4-5,7,10,12H2,1-3H3,(H,18,20). The van der Waals surface area contributed by atoms with Crippen molar-refractivity contribution in [3.63, 3.8) is 0 Å². The predicted molar refractivity (Wildman–Crippen MR) is 84.4 cm³/mol. The normalized spacial score (nSPS) is 21.7. The molecule has 0 saturated heterocycles. The smallest absolute Gasteiger partial charge is 0.317 e. The van der Waals surface area contributed by atoms with Crippen LogP contribution in [0.2, 0.25) is 0 Å². The monoisotopic (exact) mass is 290 g/mol. The van der Waals surface area contributed by atoms with E-state index in [9.17, 15) is 4.79 Å². The number of nitrogens with one attached hydrogen (secondary N) is 1. The minimum absolute atomic E-state index is 0.0107. The lowest BCUT2D eigenvalue weighted by atomic mass is 9.86. The summed E-state index contributed by atoms with van der Waals surface area (Å²) < 4.78 is 5.21. The van der Waals surface area contributed by atoms with Crippen molar-refractivity contribution in [3.05, 3.63) is 29.8 Å². The van der Waals surface area contributed by atoms with Gasteiger partial charge in [-0.05, 0) is 36.5 Å². The number of urea groups is 1. The minimum Gasteiger partial charge on any atom is -0.497 e. The fourth-order valence-electron chi connectivity index (χ4n) is 2.92. The number of benzene rings is 1. The fourth-order valence-corrected chi connectivity index (χ4v) is 2.92. The van der Waals surface area contributed by atoms with Crippen LogP contribution in [-0.4, -0.2) is 31.1 Å². The molecule has 2 rings (SSSR count). The molecule has 4 nitrogen and oxygen atoms in total. The zero-order chi connectivity index (χ0) is 15.2. The molecule has 1 N–H and O–H groups in total. The van der Waals surface area contributed by atoms with Crippen LogP contribution in [0.25, 0.3) is 0 Å². The number of carbonyl (C=O) groups is 1. The first kappa shape index (κ1) is 15.7. The molecule has 4 heteroatoms. The Bertz CT molecular complexity index is 476. The number of ether oxygens (including phenoxy) is 1. The summed E-state index contributed by atoms with van der Waals surface area (Å²) >= 11 is 0. The first-order chi connectivity index (χ1) is 10.1. The van der Waals surface area contributed by atoms with Crippen molar-refractivity contribution in [2.45, 2.75) is 45.2 Å². The summed E-state index contributed by atoms with van der Waals surface area (Å²) in [5.41, 5.74) is 1.07. The van der Waals surface area contributed by atoms with E-state index in [0.29, 0.717) is 18.5 Å². The molecule has 21 heavy (non-hydrogen) atoms. The summed E-state index contributed by atoms with van der Waals surface area (Å²) in [6, 6.07) is 8.16. The third-order valence-corrected chi connectivity index (χ3v) is 4.32. The molecule has 0 aromatic heterocycles. The molecule has 0 spiro atoms. The Morgan fingerprint density at radius 1 is 1.38 bits per heavy atom. The van der Waals surface area contributed by atoms with Crippen molar-refractivity contribution in [1.29, 1.82) is 0 Å². The van der Waals surface area contributed by atoms with E-state index in [4.69, 9.17) is 4.74 Å². The average molecular weight is 290 g/mol. The highest BCUT2D eigenvalue weighted by Crippen LogP contribution is 2.24. The average Bonchev–Trinajstić information content (AvgIpc) is 2.49. The lowest BCUT2D eigenvalue weighted by Gasteiger charge is -2.31. The number of hydrogen-bond donors (Lipinski definition) is 1. The van der Waals surface area contributed by atoms with E-state index >= 15 is 0 Å². The van der Waals surface area contributed by atoms with Gasteiger partial charge in [-0.3, -0.25) is 0 Å². The first-order valence-corrected chi connectivity index (χ1v) is 7.74. The van der Waals surface area contributed by atoms with Gasteiger partial charge in [0.25, 0.3) is 0 Å². The van der Waals surface area contributed by atoms with Gasteiger partial charge in [-0.25, -0.2) is 4.79 Å². The van der Waals surface area contributed by atoms with Crippen LogP contribution in [0.3, 0.4) is 0 Å². The minimum atomic E-state index is 0.0107. The summed E-state index contributed by atoms with van der Waals surface area (Å²) in [5, 5.41) is 3.17. The van der Waals surface area contributed by atoms with Crippen LogP contribution in [0.5, 0.6) is 5.75 Å². The van der Waals surface area contributed by atoms with E-state index < -0.39 is 0 Å². The predicted octanol–water partition coefficient (Wildman–Crippen LogP) is 3.42. The van der Waals surface area contributed by atoms with Gasteiger partial charge >= 0.3 is 6.03 Å². The first-order valence-electron chi connectivity index (χ1n) is 7.74. The largest absolute Gasteiger partial charge is 0.497 e. The molecule has 2 amide bonds. The van der Waals surface area contributed by atoms with Crippen molar-refractivity contribution in [2.75, 3.05) is 14.2 Å². The molecule has 0 heterocycles. The maximum absolute atomic E-state index is 12.3. The zero-order valence-electron chi connectivity index (χ0n) is 13.3. The molecular weight excluding hydrogens is 264 g/mol. The molecule has 1 fully saturated rings. The summed E-state index contributed by atoms with van der Waals surface area (Å²) in [6.07, 6.45) is 4.81. The highest BCUT2D eigenvalue weighted by Gasteiger charge is 2.23. The number of hydrogen-bond acceptors (Lipinski definition) is 2. The second-order valence-corrected chi connectivity index (χ2v) is 6.03. The number of amides is 2. The van der Waals surface area contributed by atoms with Gasteiger partial charge in [0.1, 0.15) is 5.75 Å². The van der Waals surface area contributed by atoms with Gasteiger partial charge in [0.15, 0.2) is 0 Å². The van der Waals surface area contributed by atoms with Gasteiger partial charge in [-0.1, -0.05) is 31.9 Å². The fraction of sp³-hybridized carbons (Fsp3) is 0.588. The lowest BCUT2D eigenvalue weighted by Crippen LogP contribution is -2.46. The van der Waals surface area contributed by atoms with E-state index in [1.54, 1.807) is 12.0 Å². The molecule has 1 aliphatic carbocycles. The van der Waals surface area contributed by atoms with Crippen LogP contribution >= 0.6 is 0 Å². The number of rotatable bonds is 4. The molecule has 116 valence electrons. The molecule has 1 aromatic rings. The van der Waals surface area contributed by atoms with E-state index in [0.717, 1.165) is 17.7 Å². The van der Waals surface area contributed by atoms with E-state index in [1.807, 2.05) is 31.3 Å². The van der Waals surface area contributed by atoms with Gasteiger partial charge < -0.3 is 15.0 Å². The lowest BCUT2D eigenvalue weighted by molar-refractivity contribution is 0.190. The van der Waals surface area contributed by atoms with Crippen LogP contribution in [0, 0.1) is 5.92 Å². The maximum atomic E-state index is 12.3. The van der Waals surface area contributed by atoms with Crippen molar-refractivity contribution < 1.29 is 9.53 Å². The Morgan fingerprint density at radius 2 is 2.14 bits per heavy atom. The Labute approximate surface area is 127 Å². The summed E-state index contributed by atoms with van der Waals surface area (Å²) in [5.74, 6) is 1.40. The van der Waals surface area contributed by atoms with Gasteiger partial charge in [0, 0.05) is 19.6 Å². The molecule has 1 aromatic carbocycles. The summed E-state index contributed by atoms with van der Waals surface area (Å²) in [4.78, 5) is 14.0. The van der Waals surface area contributed by atoms with Crippen LogP contribution in [-0.2, 0) is 6.54 Å². The summed E-state index contributed by atoms with van der Waals surface area (Å²) in [7, 11) is 3.49. The second kappa shape index (κ2) is 7.34. The molecule has 2 unspecified atom stereocenters. The Hall–Kier alpha value is -1.71. The molecule has 2 atom stereocenters. The number of carbonyl (C=O) groups excluding carboxylic acids is 1. The van der Waals surface area contributed by atoms with Crippen molar-refractivity contribution in [3.8, 4) is 5.75 Å². The summed E-state index contributed by atoms with van der Waals surface area (Å²) in [6.45, 7) is 2.82. The quantitative estimate of drug-likeness (QED) is 0.923. The van der Waals surface area contributed by atoms with Crippen LogP contribution in [0.1, 0.15) is 38.2 Å². The molecule has 0 aliphatic heterocycles. The van der Waals surface area contributed by atoms with Gasteiger partial charge in [-0.15, -0.1) is 0 Å². The third kappa shape index (κ3) is 4.38. The highest BCUT2D eigenvalue weighted by atomic mass is 16.5.